The Morgan fingerprint density at radius 3 is 2.71 bits per heavy atom. The molecule has 2 atom stereocenters. The van der Waals surface area contributed by atoms with Crippen LogP contribution >= 0.6 is 0 Å². The van der Waals surface area contributed by atoms with E-state index in [0.717, 1.165) is 24.9 Å². The Morgan fingerprint density at radius 1 is 1.47 bits per heavy atom. The molecule has 5 nitrogen and oxygen atoms in total. The third-order valence-electron chi connectivity index (χ3n) is 3.15. The number of hydrogen-bond donors (Lipinski definition) is 2. The second-order valence-electron chi connectivity index (χ2n) is 4.40. The molecule has 0 bridgehead atoms. The molecule has 92 valence electrons. The third-order valence-corrected chi connectivity index (χ3v) is 3.15. The fourth-order valence-electron chi connectivity index (χ4n) is 2.18. The quantitative estimate of drug-likeness (QED) is 0.609. The van der Waals surface area contributed by atoms with Crippen LogP contribution in [-0.2, 0) is 6.42 Å². The van der Waals surface area contributed by atoms with Crippen LogP contribution in [0.2, 0.25) is 0 Å². The van der Waals surface area contributed by atoms with Crippen LogP contribution in [0.1, 0.15) is 18.4 Å². The number of nitro benzene ring substituents is 1. The van der Waals surface area contributed by atoms with E-state index in [1.165, 1.54) is 12.1 Å². The highest BCUT2D eigenvalue weighted by atomic mass is 16.6. The Hall–Kier alpha value is -1.46. The minimum absolute atomic E-state index is 0.0854. The summed E-state index contributed by atoms with van der Waals surface area (Å²) in [6, 6.07) is 6.52. The van der Waals surface area contributed by atoms with Crippen LogP contribution in [0.25, 0.3) is 0 Å². The Bertz CT molecular complexity index is 385. The van der Waals surface area contributed by atoms with Gasteiger partial charge in [-0.05, 0) is 31.4 Å². The van der Waals surface area contributed by atoms with Crippen molar-refractivity contribution in [3.63, 3.8) is 0 Å². The summed E-state index contributed by atoms with van der Waals surface area (Å²) in [5.41, 5.74) is 1.01. The highest BCUT2D eigenvalue weighted by molar-refractivity contribution is 5.33. The highest BCUT2D eigenvalue weighted by Gasteiger charge is 2.22. The first-order valence-electron chi connectivity index (χ1n) is 5.81. The van der Waals surface area contributed by atoms with Gasteiger partial charge in [-0.15, -0.1) is 0 Å². The Morgan fingerprint density at radius 2 is 2.18 bits per heavy atom. The molecule has 1 aliphatic heterocycles. The summed E-state index contributed by atoms with van der Waals surface area (Å²) in [5.74, 6) is 0. The molecule has 1 unspecified atom stereocenters. The van der Waals surface area contributed by atoms with E-state index >= 15 is 0 Å². The maximum Gasteiger partial charge on any atom is 0.269 e. The summed E-state index contributed by atoms with van der Waals surface area (Å²) < 4.78 is 0. The standard InChI is InChI=1S/C12H16N2O3/c15-12(11-2-1-7-13-11)8-9-3-5-10(6-4-9)14(16)17/h3-6,11-13,15H,1-2,7-8H2/t11-,12?/m1/s1. The molecule has 0 spiro atoms. The number of nitrogens with zero attached hydrogens (tertiary/aromatic N) is 1. The second kappa shape index (κ2) is 5.25. The lowest BCUT2D eigenvalue weighted by atomic mass is 10.0. The van der Waals surface area contributed by atoms with Crippen molar-refractivity contribution in [2.24, 2.45) is 0 Å². The molecule has 17 heavy (non-hydrogen) atoms. The van der Waals surface area contributed by atoms with Crippen LogP contribution in [-0.4, -0.2) is 28.7 Å². The van der Waals surface area contributed by atoms with Gasteiger partial charge in [0.1, 0.15) is 0 Å². The smallest absolute Gasteiger partial charge is 0.269 e. The number of nitro groups is 1. The Labute approximate surface area is 99.6 Å². The van der Waals surface area contributed by atoms with Crippen LogP contribution in [0.5, 0.6) is 0 Å². The number of aliphatic hydroxyl groups excluding tert-OH is 1. The van der Waals surface area contributed by atoms with Crippen LogP contribution in [0, 0.1) is 10.1 Å². The maximum atomic E-state index is 10.5. The van der Waals surface area contributed by atoms with E-state index in [0.29, 0.717) is 6.42 Å². The molecule has 2 rings (SSSR count). The molecular formula is C12H16N2O3. The molecule has 0 aromatic heterocycles. The molecular weight excluding hydrogens is 220 g/mol. The van der Waals surface area contributed by atoms with E-state index in [2.05, 4.69) is 5.32 Å². The van der Waals surface area contributed by atoms with Gasteiger partial charge in [0.05, 0.1) is 11.0 Å². The fraction of sp³-hybridized carbons (Fsp3) is 0.500. The zero-order valence-electron chi connectivity index (χ0n) is 9.50. The Kier molecular flexibility index (Phi) is 3.71. The fourth-order valence-corrected chi connectivity index (χ4v) is 2.18. The van der Waals surface area contributed by atoms with Crippen molar-refractivity contribution in [2.75, 3.05) is 6.54 Å². The molecule has 0 radical (unpaired) electrons. The SMILES string of the molecule is O=[N+]([O-])c1ccc(CC(O)[C@H]2CCCN2)cc1. The zero-order valence-corrected chi connectivity index (χ0v) is 9.50. The molecule has 0 saturated carbocycles. The summed E-state index contributed by atoms with van der Waals surface area (Å²) >= 11 is 0. The van der Waals surface area contributed by atoms with Crippen LogP contribution in [0.15, 0.2) is 24.3 Å². The molecule has 2 N–H and O–H groups in total. The molecule has 1 saturated heterocycles. The molecule has 0 amide bonds. The zero-order chi connectivity index (χ0) is 12.3. The van der Waals surface area contributed by atoms with Gasteiger partial charge in [-0.2, -0.15) is 0 Å². The first-order chi connectivity index (χ1) is 8.16. The van der Waals surface area contributed by atoms with Gasteiger partial charge < -0.3 is 10.4 Å². The molecule has 0 aliphatic carbocycles. The van der Waals surface area contributed by atoms with E-state index in [1.807, 2.05) is 0 Å². The highest BCUT2D eigenvalue weighted by Crippen LogP contribution is 2.16. The summed E-state index contributed by atoms with van der Waals surface area (Å²) in [4.78, 5) is 10.1. The average molecular weight is 236 g/mol. The minimum Gasteiger partial charge on any atom is -0.391 e. The van der Waals surface area contributed by atoms with Gasteiger partial charge in [0, 0.05) is 18.2 Å². The van der Waals surface area contributed by atoms with Gasteiger partial charge in [-0.25, -0.2) is 0 Å². The van der Waals surface area contributed by atoms with Gasteiger partial charge in [0.15, 0.2) is 0 Å². The van der Waals surface area contributed by atoms with E-state index in [4.69, 9.17) is 0 Å². The van der Waals surface area contributed by atoms with Crippen molar-refractivity contribution < 1.29 is 10.0 Å². The lowest BCUT2D eigenvalue weighted by Crippen LogP contribution is -2.36. The maximum absolute atomic E-state index is 10.5. The second-order valence-corrected chi connectivity index (χ2v) is 4.40. The number of aliphatic hydroxyl groups is 1. The summed E-state index contributed by atoms with van der Waals surface area (Å²) in [5, 5.41) is 23.7. The van der Waals surface area contributed by atoms with E-state index in [9.17, 15) is 15.2 Å². The topological polar surface area (TPSA) is 75.4 Å². The predicted molar refractivity (Wildman–Crippen MR) is 63.8 cm³/mol. The Balaban J connectivity index is 1.96. The minimum atomic E-state index is -0.418. The van der Waals surface area contributed by atoms with Crippen molar-refractivity contribution in [1.29, 1.82) is 0 Å². The molecule has 1 fully saturated rings. The first kappa shape index (κ1) is 12.0. The monoisotopic (exact) mass is 236 g/mol. The molecule has 1 aromatic rings. The number of hydrogen-bond acceptors (Lipinski definition) is 4. The van der Waals surface area contributed by atoms with Crippen LogP contribution in [0.4, 0.5) is 5.69 Å². The molecule has 1 aromatic carbocycles. The number of benzene rings is 1. The molecule has 5 heteroatoms. The van der Waals surface area contributed by atoms with Crippen LogP contribution in [0.3, 0.4) is 0 Å². The molecule has 1 heterocycles. The van der Waals surface area contributed by atoms with Crippen molar-refractivity contribution in [3.05, 3.63) is 39.9 Å². The van der Waals surface area contributed by atoms with Crippen molar-refractivity contribution in [3.8, 4) is 0 Å². The van der Waals surface area contributed by atoms with Gasteiger partial charge in [-0.3, -0.25) is 10.1 Å². The lowest BCUT2D eigenvalue weighted by molar-refractivity contribution is -0.384. The van der Waals surface area contributed by atoms with Crippen molar-refractivity contribution in [1.82, 2.24) is 5.32 Å². The number of rotatable bonds is 4. The van der Waals surface area contributed by atoms with E-state index < -0.39 is 11.0 Å². The third kappa shape index (κ3) is 3.01. The summed E-state index contributed by atoms with van der Waals surface area (Å²) in [6.07, 6.45) is 2.21. The van der Waals surface area contributed by atoms with E-state index in [1.54, 1.807) is 12.1 Å². The average Bonchev–Trinajstić information content (AvgIpc) is 2.83. The summed E-state index contributed by atoms with van der Waals surface area (Å²) in [7, 11) is 0. The van der Waals surface area contributed by atoms with Gasteiger partial charge >= 0.3 is 0 Å². The largest absolute Gasteiger partial charge is 0.391 e. The number of nitrogens with one attached hydrogen (secondary N) is 1. The molecule has 1 aliphatic rings. The summed E-state index contributed by atoms with van der Waals surface area (Å²) in [6.45, 7) is 0.960. The first-order valence-corrected chi connectivity index (χ1v) is 5.81. The van der Waals surface area contributed by atoms with E-state index in [-0.39, 0.29) is 11.7 Å². The van der Waals surface area contributed by atoms with Gasteiger partial charge in [0.2, 0.25) is 0 Å². The van der Waals surface area contributed by atoms with Gasteiger partial charge in [-0.1, -0.05) is 12.1 Å². The normalized spacial score (nSPS) is 21.4. The van der Waals surface area contributed by atoms with Crippen molar-refractivity contribution >= 4 is 5.69 Å². The predicted octanol–water partition coefficient (Wildman–Crippen LogP) is 1.25. The van der Waals surface area contributed by atoms with Crippen LogP contribution < -0.4 is 5.32 Å². The van der Waals surface area contributed by atoms with Gasteiger partial charge in [0.25, 0.3) is 5.69 Å². The van der Waals surface area contributed by atoms with Crippen molar-refractivity contribution in [2.45, 2.75) is 31.4 Å². The lowest BCUT2D eigenvalue weighted by Gasteiger charge is -2.18. The number of non-ortho nitro benzene ring substituents is 1.